The van der Waals surface area contributed by atoms with Crippen LogP contribution in [0.4, 0.5) is 4.79 Å². The highest BCUT2D eigenvalue weighted by atomic mass is 16.6. The number of piperidine rings is 1. The molecule has 0 aromatic rings. The van der Waals surface area contributed by atoms with E-state index in [1.54, 1.807) is 0 Å². The van der Waals surface area contributed by atoms with Gasteiger partial charge in [0.05, 0.1) is 5.41 Å². The second kappa shape index (κ2) is 3.25. The van der Waals surface area contributed by atoms with Crippen LogP contribution in [0, 0.1) is 11.3 Å². The van der Waals surface area contributed by atoms with Crippen LogP contribution in [0.2, 0.25) is 0 Å². The molecule has 0 unspecified atom stereocenters. The van der Waals surface area contributed by atoms with Gasteiger partial charge in [-0.15, -0.1) is 0 Å². The number of aliphatic carboxylic acids is 1. The van der Waals surface area contributed by atoms with Crippen LogP contribution in [0.1, 0.15) is 6.42 Å². The summed E-state index contributed by atoms with van der Waals surface area (Å²) < 4.78 is 4.84. The molecule has 0 spiro atoms. The maximum Gasteiger partial charge on any atom is 0.410 e. The van der Waals surface area contributed by atoms with E-state index in [4.69, 9.17) is 9.84 Å². The zero-order valence-electron chi connectivity index (χ0n) is 8.31. The first-order valence-electron chi connectivity index (χ1n) is 4.86. The normalized spacial score (nSPS) is 32.0. The van der Waals surface area contributed by atoms with Gasteiger partial charge in [0.25, 0.3) is 0 Å². The molecule has 1 amide bonds. The molecule has 1 aliphatic carbocycles. The van der Waals surface area contributed by atoms with Gasteiger partial charge < -0.3 is 14.7 Å². The zero-order chi connectivity index (χ0) is 11.1. The molecule has 1 saturated heterocycles. The summed E-state index contributed by atoms with van der Waals surface area (Å²) in [6, 6.07) is 0. The Kier molecular flexibility index (Phi) is 2.17. The summed E-state index contributed by atoms with van der Waals surface area (Å²) in [5, 5.41) is 8.99. The summed E-state index contributed by atoms with van der Waals surface area (Å²) in [4.78, 5) is 23.8. The number of nitrogens with zero attached hydrogens (tertiary/aromatic N) is 1. The minimum Gasteiger partial charge on any atom is -0.481 e. The molecule has 5 heteroatoms. The molecule has 15 heavy (non-hydrogen) atoms. The molecule has 82 valence electrons. The topological polar surface area (TPSA) is 66.8 Å². The van der Waals surface area contributed by atoms with E-state index in [0.717, 1.165) is 0 Å². The van der Waals surface area contributed by atoms with Gasteiger partial charge in [-0.3, -0.25) is 4.79 Å². The van der Waals surface area contributed by atoms with Gasteiger partial charge in [-0.05, 0) is 12.3 Å². The van der Waals surface area contributed by atoms with E-state index >= 15 is 0 Å². The van der Waals surface area contributed by atoms with Crippen LogP contribution in [0.15, 0.2) is 12.7 Å². The van der Waals surface area contributed by atoms with Crippen LogP contribution in [0.5, 0.6) is 0 Å². The Morgan fingerprint density at radius 2 is 2.40 bits per heavy atom. The lowest BCUT2D eigenvalue weighted by Gasteiger charge is -2.18. The quantitative estimate of drug-likeness (QED) is 0.698. The highest BCUT2D eigenvalue weighted by Gasteiger charge is 2.66. The molecule has 2 aliphatic rings. The second-order valence-corrected chi connectivity index (χ2v) is 4.11. The Hall–Kier alpha value is -1.52. The number of fused-ring (bicyclic) bond motifs is 1. The zero-order valence-corrected chi connectivity index (χ0v) is 8.31. The number of carbonyl (C=O) groups excluding carboxylic acids is 1. The molecule has 2 rings (SSSR count). The molecule has 0 radical (unpaired) electrons. The lowest BCUT2D eigenvalue weighted by molar-refractivity contribution is -0.143. The van der Waals surface area contributed by atoms with E-state index in [1.807, 2.05) is 0 Å². The summed E-state index contributed by atoms with van der Waals surface area (Å²) in [6.07, 6.45) is 1.73. The minimum atomic E-state index is -0.800. The lowest BCUT2D eigenvalue weighted by atomic mass is 10.1. The second-order valence-electron chi connectivity index (χ2n) is 4.11. The Morgan fingerprint density at radius 3 is 2.93 bits per heavy atom. The molecule has 1 saturated carbocycles. The van der Waals surface area contributed by atoms with E-state index in [0.29, 0.717) is 13.0 Å². The van der Waals surface area contributed by atoms with Crippen LogP contribution in [-0.4, -0.2) is 41.8 Å². The molecular formula is C10H13NO4. The first-order valence-corrected chi connectivity index (χ1v) is 4.86. The Bertz CT molecular complexity index is 327. The first-order chi connectivity index (χ1) is 7.10. The smallest absolute Gasteiger partial charge is 0.410 e. The van der Waals surface area contributed by atoms with Crippen molar-refractivity contribution in [2.24, 2.45) is 11.3 Å². The Labute approximate surface area is 87.3 Å². The van der Waals surface area contributed by atoms with Gasteiger partial charge in [0, 0.05) is 13.1 Å². The number of ether oxygens (including phenoxy) is 1. The maximum atomic E-state index is 11.4. The van der Waals surface area contributed by atoms with Crippen LogP contribution >= 0.6 is 0 Å². The standard InChI is InChI=1S/C10H13NO4/c1-2-3-15-9(14)11-5-7-4-10(7,6-11)8(12)13/h2,7H,1,3-6H2,(H,12,13)/t7-,10-/m0/s1. The number of hydrogen-bond donors (Lipinski definition) is 1. The SMILES string of the molecule is C=CCOC(=O)N1C[C@@H]2C[C@]2(C(=O)O)C1. The van der Waals surface area contributed by atoms with Crippen molar-refractivity contribution in [1.82, 2.24) is 4.90 Å². The molecule has 2 fully saturated rings. The number of rotatable bonds is 3. The van der Waals surface area contributed by atoms with Gasteiger partial charge in [-0.25, -0.2) is 4.79 Å². The van der Waals surface area contributed by atoms with Crippen LogP contribution in [0.3, 0.4) is 0 Å². The third-order valence-corrected chi connectivity index (χ3v) is 3.15. The Morgan fingerprint density at radius 1 is 1.67 bits per heavy atom. The van der Waals surface area contributed by atoms with Crippen LogP contribution in [0.25, 0.3) is 0 Å². The summed E-state index contributed by atoms with van der Waals surface area (Å²) >= 11 is 0. The third-order valence-electron chi connectivity index (χ3n) is 3.15. The molecule has 0 aromatic carbocycles. The van der Waals surface area contributed by atoms with Crippen molar-refractivity contribution in [2.45, 2.75) is 6.42 Å². The minimum absolute atomic E-state index is 0.117. The average Bonchev–Trinajstić information content (AvgIpc) is 2.79. The van der Waals surface area contributed by atoms with Crippen LogP contribution < -0.4 is 0 Å². The summed E-state index contributed by atoms with van der Waals surface area (Å²) in [5.74, 6) is -0.683. The van der Waals surface area contributed by atoms with E-state index < -0.39 is 17.5 Å². The predicted molar refractivity (Wildman–Crippen MR) is 51.3 cm³/mol. The molecule has 0 aromatic heterocycles. The number of carbonyl (C=O) groups is 2. The molecule has 5 nitrogen and oxygen atoms in total. The monoisotopic (exact) mass is 211 g/mol. The predicted octanol–water partition coefficient (Wildman–Crippen LogP) is 0.716. The van der Waals surface area contributed by atoms with E-state index in [2.05, 4.69) is 6.58 Å². The van der Waals surface area contributed by atoms with E-state index in [9.17, 15) is 9.59 Å². The summed E-state index contributed by atoms with van der Waals surface area (Å²) in [5.41, 5.74) is -0.673. The van der Waals surface area contributed by atoms with E-state index in [1.165, 1.54) is 11.0 Å². The van der Waals surface area contributed by atoms with Gasteiger partial charge in [-0.2, -0.15) is 0 Å². The van der Waals surface area contributed by atoms with Crippen LogP contribution in [-0.2, 0) is 9.53 Å². The van der Waals surface area contributed by atoms with Crippen molar-refractivity contribution < 1.29 is 19.4 Å². The Balaban J connectivity index is 1.92. The fraction of sp³-hybridized carbons (Fsp3) is 0.600. The van der Waals surface area contributed by atoms with Gasteiger partial charge in [0.1, 0.15) is 6.61 Å². The van der Waals surface area contributed by atoms with Crippen molar-refractivity contribution in [3.05, 3.63) is 12.7 Å². The van der Waals surface area contributed by atoms with Gasteiger partial charge >= 0.3 is 12.1 Å². The highest BCUT2D eigenvalue weighted by molar-refractivity contribution is 5.81. The fourth-order valence-corrected chi connectivity index (χ4v) is 2.18. The van der Waals surface area contributed by atoms with Crippen molar-refractivity contribution in [2.75, 3.05) is 19.7 Å². The van der Waals surface area contributed by atoms with Gasteiger partial charge in [0.15, 0.2) is 0 Å². The highest BCUT2D eigenvalue weighted by Crippen LogP contribution is 2.57. The maximum absolute atomic E-state index is 11.4. The fourth-order valence-electron chi connectivity index (χ4n) is 2.18. The van der Waals surface area contributed by atoms with Crippen molar-refractivity contribution in [3.8, 4) is 0 Å². The van der Waals surface area contributed by atoms with Crippen molar-refractivity contribution >= 4 is 12.1 Å². The molecule has 1 aliphatic heterocycles. The molecular weight excluding hydrogens is 198 g/mol. The number of amides is 1. The molecule has 0 bridgehead atoms. The lowest BCUT2D eigenvalue weighted by Crippen LogP contribution is -2.34. The first kappa shape index (κ1) is 10.0. The van der Waals surface area contributed by atoms with Gasteiger partial charge in [0.2, 0.25) is 0 Å². The average molecular weight is 211 g/mol. The number of likely N-dealkylation sites (tertiary alicyclic amines) is 1. The third kappa shape index (κ3) is 1.48. The van der Waals surface area contributed by atoms with Crippen molar-refractivity contribution in [1.29, 1.82) is 0 Å². The molecule has 1 N–H and O–H groups in total. The summed E-state index contributed by atoms with van der Waals surface area (Å²) in [6.45, 7) is 4.38. The summed E-state index contributed by atoms with van der Waals surface area (Å²) in [7, 11) is 0. The van der Waals surface area contributed by atoms with Crippen molar-refractivity contribution in [3.63, 3.8) is 0 Å². The van der Waals surface area contributed by atoms with E-state index in [-0.39, 0.29) is 19.1 Å². The number of carboxylic acids is 1. The molecule has 2 atom stereocenters. The van der Waals surface area contributed by atoms with Gasteiger partial charge in [-0.1, -0.05) is 12.7 Å². The molecule has 1 heterocycles. The number of hydrogen-bond acceptors (Lipinski definition) is 3. The number of carboxylic acid groups (broad SMARTS) is 1. The largest absolute Gasteiger partial charge is 0.481 e.